The van der Waals surface area contributed by atoms with E-state index in [1.165, 1.54) is 0 Å². The third kappa shape index (κ3) is 4.26. The molecule has 3 nitrogen and oxygen atoms in total. The van der Waals surface area contributed by atoms with Gasteiger partial charge in [-0.05, 0) is 36.8 Å². The maximum absolute atomic E-state index is 12.7. The van der Waals surface area contributed by atoms with Crippen LogP contribution in [0.4, 0.5) is 0 Å². The second kappa shape index (κ2) is 8.11. The molecule has 21 heavy (non-hydrogen) atoms. The number of aliphatic hydroxyl groups is 1. The van der Waals surface area contributed by atoms with Gasteiger partial charge >= 0.3 is 0 Å². The van der Waals surface area contributed by atoms with Crippen LogP contribution in [0.25, 0.3) is 0 Å². The molecule has 0 unspecified atom stereocenters. The SMILES string of the molecule is Cc1c(C#CCCO)cccc1C(=O)N1CCCSCC1. The van der Waals surface area contributed by atoms with Gasteiger partial charge in [-0.25, -0.2) is 0 Å². The van der Waals surface area contributed by atoms with Crippen molar-refractivity contribution in [2.45, 2.75) is 19.8 Å². The molecule has 2 rings (SSSR count). The topological polar surface area (TPSA) is 40.5 Å². The predicted molar refractivity (Wildman–Crippen MR) is 87.6 cm³/mol. The summed E-state index contributed by atoms with van der Waals surface area (Å²) in [5.41, 5.74) is 2.56. The largest absolute Gasteiger partial charge is 0.395 e. The zero-order valence-corrected chi connectivity index (χ0v) is 13.2. The second-order valence-electron chi connectivity index (χ2n) is 5.01. The van der Waals surface area contributed by atoms with Crippen LogP contribution >= 0.6 is 11.8 Å². The molecule has 0 radical (unpaired) electrons. The fraction of sp³-hybridized carbons (Fsp3) is 0.471. The molecule has 4 heteroatoms. The molecule has 0 bridgehead atoms. The molecular weight excluding hydrogens is 282 g/mol. The molecule has 1 aromatic carbocycles. The van der Waals surface area contributed by atoms with Crippen LogP contribution in [0.2, 0.25) is 0 Å². The Morgan fingerprint density at radius 1 is 1.38 bits per heavy atom. The van der Waals surface area contributed by atoms with Crippen molar-refractivity contribution in [3.63, 3.8) is 0 Å². The van der Waals surface area contributed by atoms with E-state index in [1.807, 2.05) is 41.8 Å². The lowest BCUT2D eigenvalue weighted by atomic mass is 10.0. The van der Waals surface area contributed by atoms with Crippen molar-refractivity contribution in [1.82, 2.24) is 4.90 Å². The van der Waals surface area contributed by atoms with Gasteiger partial charge in [-0.1, -0.05) is 17.9 Å². The maximum Gasteiger partial charge on any atom is 0.254 e. The summed E-state index contributed by atoms with van der Waals surface area (Å²) in [6.45, 7) is 3.67. The number of carbonyl (C=O) groups excluding carboxylic acids is 1. The Balaban J connectivity index is 2.21. The van der Waals surface area contributed by atoms with Gasteiger partial charge in [0.2, 0.25) is 0 Å². The molecule has 1 aromatic rings. The molecule has 1 amide bonds. The van der Waals surface area contributed by atoms with Crippen LogP contribution in [0.5, 0.6) is 0 Å². The maximum atomic E-state index is 12.7. The number of rotatable bonds is 2. The number of aliphatic hydroxyl groups excluding tert-OH is 1. The molecule has 1 saturated heterocycles. The Morgan fingerprint density at radius 3 is 3.05 bits per heavy atom. The Kier molecular flexibility index (Phi) is 6.16. The molecule has 0 saturated carbocycles. The van der Waals surface area contributed by atoms with Gasteiger partial charge in [0, 0.05) is 36.4 Å². The van der Waals surface area contributed by atoms with E-state index >= 15 is 0 Å². The molecule has 0 aromatic heterocycles. The van der Waals surface area contributed by atoms with Crippen molar-refractivity contribution < 1.29 is 9.90 Å². The first-order valence-electron chi connectivity index (χ1n) is 7.30. The van der Waals surface area contributed by atoms with Crippen LogP contribution in [-0.4, -0.2) is 47.1 Å². The third-order valence-electron chi connectivity index (χ3n) is 3.53. The summed E-state index contributed by atoms with van der Waals surface area (Å²) < 4.78 is 0. The summed E-state index contributed by atoms with van der Waals surface area (Å²) in [5, 5.41) is 8.79. The highest BCUT2D eigenvalue weighted by atomic mass is 32.2. The summed E-state index contributed by atoms with van der Waals surface area (Å²) in [6, 6.07) is 5.69. The molecule has 1 N–H and O–H groups in total. The smallest absolute Gasteiger partial charge is 0.254 e. The quantitative estimate of drug-likeness (QED) is 0.852. The summed E-state index contributed by atoms with van der Waals surface area (Å²) in [5.74, 6) is 8.22. The Morgan fingerprint density at radius 2 is 2.24 bits per heavy atom. The average molecular weight is 303 g/mol. The fourth-order valence-corrected chi connectivity index (χ4v) is 3.22. The highest BCUT2D eigenvalue weighted by Gasteiger charge is 2.19. The number of carbonyl (C=O) groups is 1. The minimum absolute atomic E-state index is 0.0656. The number of benzene rings is 1. The van der Waals surface area contributed by atoms with E-state index in [0.717, 1.165) is 47.7 Å². The van der Waals surface area contributed by atoms with E-state index in [2.05, 4.69) is 11.8 Å². The van der Waals surface area contributed by atoms with Crippen molar-refractivity contribution in [3.05, 3.63) is 34.9 Å². The van der Waals surface area contributed by atoms with Gasteiger partial charge in [0.15, 0.2) is 0 Å². The molecule has 1 aliphatic heterocycles. The second-order valence-corrected chi connectivity index (χ2v) is 6.24. The molecular formula is C17H21NO2S. The number of amides is 1. The molecule has 1 aliphatic rings. The zero-order chi connectivity index (χ0) is 15.1. The standard InChI is InChI=1S/C17H21NO2S/c1-14-15(6-2-3-11-19)7-4-8-16(14)17(20)18-9-5-12-21-13-10-18/h4,7-8,19H,3,5,9-13H2,1H3. The zero-order valence-electron chi connectivity index (χ0n) is 12.4. The lowest BCUT2D eigenvalue weighted by Crippen LogP contribution is -2.33. The third-order valence-corrected chi connectivity index (χ3v) is 4.58. The Bertz CT molecular complexity index is 552. The first-order valence-corrected chi connectivity index (χ1v) is 8.46. The van der Waals surface area contributed by atoms with E-state index in [4.69, 9.17) is 5.11 Å². The molecule has 112 valence electrons. The molecule has 0 atom stereocenters. The summed E-state index contributed by atoms with van der Waals surface area (Å²) in [7, 11) is 0. The van der Waals surface area contributed by atoms with Gasteiger partial charge in [-0.3, -0.25) is 4.79 Å². The van der Waals surface area contributed by atoms with Gasteiger partial charge < -0.3 is 10.0 Å². The van der Waals surface area contributed by atoms with Crippen LogP contribution in [0.3, 0.4) is 0 Å². The van der Waals surface area contributed by atoms with E-state index in [9.17, 15) is 4.79 Å². The van der Waals surface area contributed by atoms with Gasteiger partial charge in [0.25, 0.3) is 5.91 Å². The Hall–Kier alpha value is -1.44. The van der Waals surface area contributed by atoms with E-state index in [1.54, 1.807) is 0 Å². The summed E-state index contributed by atoms with van der Waals surface area (Å²) in [6.07, 6.45) is 1.52. The lowest BCUT2D eigenvalue weighted by Gasteiger charge is -2.21. The molecule has 1 fully saturated rings. The fourth-order valence-electron chi connectivity index (χ4n) is 2.34. The van der Waals surface area contributed by atoms with Gasteiger partial charge in [-0.2, -0.15) is 11.8 Å². The number of hydrogen-bond donors (Lipinski definition) is 1. The molecule has 0 spiro atoms. The van der Waals surface area contributed by atoms with E-state index in [0.29, 0.717) is 6.42 Å². The predicted octanol–water partition coefficient (Wildman–Crippen LogP) is 2.31. The molecule has 1 heterocycles. The van der Waals surface area contributed by atoms with Crippen molar-refractivity contribution in [1.29, 1.82) is 0 Å². The summed E-state index contributed by atoms with van der Waals surface area (Å²) in [4.78, 5) is 14.6. The van der Waals surface area contributed by atoms with Gasteiger partial charge in [-0.15, -0.1) is 0 Å². The molecule has 0 aliphatic carbocycles. The van der Waals surface area contributed by atoms with Gasteiger partial charge in [0.1, 0.15) is 0 Å². The number of hydrogen-bond acceptors (Lipinski definition) is 3. The van der Waals surface area contributed by atoms with Crippen LogP contribution in [0.15, 0.2) is 18.2 Å². The first-order chi connectivity index (χ1) is 10.2. The monoisotopic (exact) mass is 303 g/mol. The van der Waals surface area contributed by atoms with Crippen molar-refractivity contribution in [2.75, 3.05) is 31.2 Å². The van der Waals surface area contributed by atoms with Crippen molar-refractivity contribution in [3.8, 4) is 11.8 Å². The van der Waals surface area contributed by atoms with Crippen LogP contribution in [-0.2, 0) is 0 Å². The van der Waals surface area contributed by atoms with E-state index < -0.39 is 0 Å². The van der Waals surface area contributed by atoms with Crippen LogP contribution in [0, 0.1) is 18.8 Å². The van der Waals surface area contributed by atoms with Crippen molar-refractivity contribution in [2.24, 2.45) is 0 Å². The first kappa shape index (κ1) is 15.9. The minimum Gasteiger partial charge on any atom is -0.395 e. The highest BCUT2D eigenvalue weighted by molar-refractivity contribution is 7.99. The number of nitrogens with zero attached hydrogens (tertiary/aromatic N) is 1. The normalized spacial score (nSPS) is 15.0. The Labute approximate surface area is 130 Å². The van der Waals surface area contributed by atoms with Crippen LogP contribution < -0.4 is 0 Å². The highest BCUT2D eigenvalue weighted by Crippen LogP contribution is 2.18. The minimum atomic E-state index is 0.0656. The lowest BCUT2D eigenvalue weighted by molar-refractivity contribution is 0.0768. The average Bonchev–Trinajstić information content (AvgIpc) is 2.78. The number of thioether (sulfide) groups is 1. The van der Waals surface area contributed by atoms with Crippen LogP contribution in [0.1, 0.15) is 34.3 Å². The van der Waals surface area contributed by atoms with E-state index in [-0.39, 0.29) is 12.5 Å². The van der Waals surface area contributed by atoms with Crippen molar-refractivity contribution >= 4 is 17.7 Å². The summed E-state index contributed by atoms with van der Waals surface area (Å²) >= 11 is 1.91. The van der Waals surface area contributed by atoms with Gasteiger partial charge in [0.05, 0.1) is 6.61 Å².